The molecule has 0 bridgehead atoms. The lowest BCUT2D eigenvalue weighted by Gasteiger charge is -2.24. The molecule has 0 heterocycles. The monoisotopic (exact) mass is 407 g/mol. The standard InChI is InChI=1S/C16H13ClF3NO4S/c1-15(23,16(18,19)20)14(22)21-10-7-8-13(12(17)9-10)26(24,25)11-5-3-2-4-6-11/h2-9,23H,1H3,(H,21,22). The predicted molar refractivity (Wildman–Crippen MR) is 88.7 cm³/mol. The fourth-order valence-corrected chi connectivity index (χ4v) is 3.72. The zero-order valence-electron chi connectivity index (χ0n) is 13.2. The molecule has 5 nitrogen and oxygen atoms in total. The average molecular weight is 408 g/mol. The highest BCUT2D eigenvalue weighted by atomic mass is 35.5. The van der Waals surface area contributed by atoms with E-state index in [9.17, 15) is 31.5 Å². The molecule has 0 saturated carbocycles. The number of aliphatic hydroxyl groups is 1. The predicted octanol–water partition coefficient (Wildman–Crippen LogP) is 3.42. The van der Waals surface area contributed by atoms with Gasteiger partial charge in [-0.2, -0.15) is 13.2 Å². The van der Waals surface area contributed by atoms with E-state index in [-0.39, 0.29) is 20.5 Å². The molecule has 0 aliphatic rings. The van der Waals surface area contributed by atoms with Gasteiger partial charge in [-0.3, -0.25) is 4.79 Å². The van der Waals surface area contributed by atoms with Crippen molar-refractivity contribution >= 4 is 33.0 Å². The Balaban J connectivity index is 2.33. The van der Waals surface area contributed by atoms with Crippen molar-refractivity contribution in [3.63, 3.8) is 0 Å². The average Bonchev–Trinajstić information content (AvgIpc) is 2.54. The number of carbonyl (C=O) groups excluding carboxylic acids is 1. The fourth-order valence-electron chi connectivity index (χ4n) is 1.90. The molecule has 0 fully saturated rings. The summed E-state index contributed by atoms with van der Waals surface area (Å²) in [4.78, 5) is 11.4. The van der Waals surface area contributed by atoms with Gasteiger partial charge in [-0.25, -0.2) is 8.42 Å². The maximum Gasteiger partial charge on any atom is 0.426 e. The molecule has 0 aliphatic heterocycles. The van der Waals surface area contributed by atoms with Crippen LogP contribution in [-0.4, -0.2) is 31.2 Å². The van der Waals surface area contributed by atoms with Gasteiger partial charge in [-0.05, 0) is 37.3 Å². The number of carbonyl (C=O) groups is 1. The first-order valence-corrected chi connectivity index (χ1v) is 8.94. The van der Waals surface area contributed by atoms with Crippen LogP contribution >= 0.6 is 11.6 Å². The molecule has 1 unspecified atom stereocenters. The van der Waals surface area contributed by atoms with Crippen molar-refractivity contribution in [3.05, 3.63) is 53.6 Å². The van der Waals surface area contributed by atoms with Crippen LogP contribution in [0.3, 0.4) is 0 Å². The molecule has 0 spiro atoms. The van der Waals surface area contributed by atoms with Crippen molar-refractivity contribution in [1.29, 1.82) is 0 Å². The molecule has 2 N–H and O–H groups in total. The lowest BCUT2D eigenvalue weighted by molar-refractivity contribution is -0.242. The first-order valence-electron chi connectivity index (χ1n) is 7.07. The van der Waals surface area contributed by atoms with E-state index in [2.05, 4.69) is 0 Å². The Morgan fingerprint density at radius 3 is 2.19 bits per heavy atom. The van der Waals surface area contributed by atoms with Crippen LogP contribution in [0.1, 0.15) is 6.92 Å². The summed E-state index contributed by atoms with van der Waals surface area (Å²) in [5, 5.41) is 10.9. The third-order valence-corrected chi connectivity index (χ3v) is 5.78. The minimum atomic E-state index is -5.18. The molecule has 0 radical (unpaired) electrons. The molecule has 10 heteroatoms. The van der Waals surface area contributed by atoms with E-state index in [1.165, 1.54) is 24.3 Å². The molecule has 1 atom stereocenters. The maximum atomic E-state index is 12.7. The number of amides is 1. The van der Waals surface area contributed by atoms with Crippen molar-refractivity contribution in [3.8, 4) is 0 Å². The quantitative estimate of drug-likeness (QED) is 0.813. The van der Waals surface area contributed by atoms with Crippen LogP contribution in [0.4, 0.5) is 18.9 Å². The van der Waals surface area contributed by atoms with E-state index in [0.717, 1.165) is 18.2 Å². The molecular formula is C16H13ClF3NO4S. The minimum Gasteiger partial charge on any atom is -0.373 e. The number of anilines is 1. The molecule has 2 rings (SSSR count). The Kier molecular flexibility index (Phi) is 5.36. The summed E-state index contributed by atoms with van der Waals surface area (Å²) in [5.74, 6) is -1.72. The van der Waals surface area contributed by atoms with Gasteiger partial charge in [0, 0.05) is 5.69 Å². The topological polar surface area (TPSA) is 83.5 Å². The summed E-state index contributed by atoms with van der Waals surface area (Å²) >= 11 is 5.94. The van der Waals surface area contributed by atoms with Gasteiger partial charge in [0.05, 0.1) is 14.8 Å². The number of nitrogens with one attached hydrogen (secondary N) is 1. The normalized spacial score (nSPS) is 14.5. The number of halogens is 4. The van der Waals surface area contributed by atoms with Crippen molar-refractivity contribution < 1.29 is 31.5 Å². The Labute approximate surface area is 152 Å². The van der Waals surface area contributed by atoms with Gasteiger partial charge in [0.2, 0.25) is 15.4 Å². The van der Waals surface area contributed by atoms with Gasteiger partial charge in [0.15, 0.2) is 0 Å². The van der Waals surface area contributed by atoms with E-state index in [0.29, 0.717) is 6.92 Å². The summed E-state index contributed by atoms with van der Waals surface area (Å²) in [5.41, 5.74) is -3.81. The summed E-state index contributed by atoms with van der Waals surface area (Å²) < 4.78 is 63.0. The van der Waals surface area contributed by atoms with E-state index in [4.69, 9.17) is 11.6 Å². The van der Waals surface area contributed by atoms with Crippen molar-refractivity contribution in [1.82, 2.24) is 0 Å². The summed E-state index contributed by atoms with van der Waals surface area (Å²) in [6.07, 6.45) is -5.18. The zero-order valence-corrected chi connectivity index (χ0v) is 14.8. The van der Waals surface area contributed by atoms with Crippen molar-refractivity contribution in [2.75, 3.05) is 5.32 Å². The van der Waals surface area contributed by atoms with Gasteiger partial charge in [-0.1, -0.05) is 29.8 Å². The molecule has 2 aromatic carbocycles. The lowest BCUT2D eigenvalue weighted by atomic mass is 10.1. The molecule has 2 aromatic rings. The Morgan fingerprint density at radius 2 is 1.69 bits per heavy atom. The smallest absolute Gasteiger partial charge is 0.373 e. The van der Waals surface area contributed by atoms with Crippen molar-refractivity contribution in [2.45, 2.75) is 28.5 Å². The van der Waals surface area contributed by atoms with E-state index in [1.54, 1.807) is 6.07 Å². The molecular weight excluding hydrogens is 395 g/mol. The Bertz CT molecular complexity index is 928. The summed E-state index contributed by atoms with van der Waals surface area (Å²) in [6, 6.07) is 10.5. The summed E-state index contributed by atoms with van der Waals surface area (Å²) in [7, 11) is -3.94. The zero-order chi connectivity index (χ0) is 19.8. The van der Waals surface area contributed by atoms with Crippen LogP contribution in [0.25, 0.3) is 0 Å². The first kappa shape index (κ1) is 20.2. The Morgan fingerprint density at radius 1 is 1.12 bits per heavy atom. The van der Waals surface area contributed by atoms with Gasteiger partial charge >= 0.3 is 6.18 Å². The number of rotatable bonds is 4. The highest BCUT2D eigenvalue weighted by molar-refractivity contribution is 7.91. The van der Waals surface area contributed by atoms with Crippen LogP contribution in [0.5, 0.6) is 0 Å². The molecule has 0 aromatic heterocycles. The number of sulfone groups is 1. The van der Waals surface area contributed by atoms with Crippen LogP contribution in [0.15, 0.2) is 58.3 Å². The number of hydrogen-bond acceptors (Lipinski definition) is 4. The van der Waals surface area contributed by atoms with E-state index < -0.39 is 27.5 Å². The second kappa shape index (κ2) is 6.90. The minimum absolute atomic E-state index is 0.0151. The molecule has 1 amide bonds. The largest absolute Gasteiger partial charge is 0.426 e. The first-order chi connectivity index (χ1) is 11.9. The van der Waals surface area contributed by atoms with Gasteiger partial charge in [0.1, 0.15) is 0 Å². The van der Waals surface area contributed by atoms with Gasteiger partial charge < -0.3 is 10.4 Å². The van der Waals surface area contributed by atoms with Crippen LogP contribution < -0.4 is 5.32 Å². The molecule has 0 saturated heterocycles. The highest BCUT2D eigenvalue weighted by Gasteiger charge is 2.55. The molecule has 140 valence electrons. The van der Waals surface area contributed by atoms with Gasteiger partial charge in [-0.15, -0.1) is 0 Å². The third-order valence-electron chi connectivity index (χ3n) is 3.53. The van der Waals surface area contributed by atoms with Gasteiger partial charge in [0.25, 0.3) is 5.91 Å². The SMILES string of the molecule is CC(O)(C(=O)Nc1ccc(S(=O)(=O)c2ccccc2)c(Cl)c1)C(F)(F)F. The van der Waals surface area contributed by atoms with Crippen molar-refractivity contribution in [2.24, 2.45) is 0 Å². The summed E-state index contributed by atoms with van der Waals surface area (Å²) in [6.45, 7) is 0.304. The van der Waals surface area contributed by atoms with E-state index >= 15 is 0 Å². The maximum absolute atomic E-state index is 12.7. The highest BCUT2D eigenvalue weighted by Crippen LogP contribution is 2.33. The second-order valence-corrected chi connectivity index (χ2v) is 7.81. The fraction of sp³-hybridized carbons (Fsp3) is 0.188. The number of alkyl halides is 3. The third kappa shape index (κ3) is 3.84. The molecule has 0 aliphatic carbocycles. The van der Waals surface area contributed by atoms with Crippen LogP contribution in [-0.2, 0) is 14.6 Å². The van der Waals surface area contributed by atoms with Crippen LogP contribution in [0.2, 0.25) is 5.02 Å². The molecule has 26 heavy (non-hydrogen) atoms. The van der Waals surface area contributed by atoms with Crippen LogP contribution in [0, 0.1) is 0 Å². The second-order valence-electron chi connectivity index (χ2n) is 5.49. The Hall–Kier alpha value is -2.10. The lowest BCUT2D eigenvalue weighted by Crippen LogP contribution is -2.52. The number of hydrogen-bond donors (Lipinski definition) is 2. The van der Waals surface area contributed by atoms with E-state index in [1.807, 2.05) is 5.32 Å². The number of benzene rings is 2.